The Hall–Kier alpha value is -2.67. The molecule has 4 heterocycles. The highest BCUT2D eigenvalue weighted by molar-refractivity contribution is 7.09. The standard InChI is InChI=1S/C18H17N5OS/c24-18(23-8-2-1-5-15(23)17-20-7-9-25-17)14-11-21-16(22-12-14)13-4-3-6-19-10-13/h3-4,6-7,9-12,15H,1-2,5,8H2/t15-/m0/s1. The van der Waals surface area contributed by atoms with E-state index in [1.165, 1.54) is 0 Å². The fourth-order valence-corrected chi connectivity index (χ4v) is 3.86. The van der Waals surface area contributed by atoms with Gasteiger partial charge < -0.3 is 4.90 Å². The summed E-state index contributed by atoms with van der Waals surface area (Å²) in [5.74, 6) is 0.539. The summed E-state index contributed by atoms with van der Waals surface area (Å²) in [5, 5.41) is 2.96. The lowest BCUT2D eigenvalue weighted by Crippen LogP contribution is -2.38. The molecular weight excluding hydrogens is 334 g/mol. The van der Waals surface area contributed by atoms with Gasteiger partial charge in [0.05, 0.1) is 11.6 Å². The number of hydrogen-bond acceptors (Lipinski definition) is 6. The van der Waals surface area contributed by atoms with Crippen molar-refractivity contribution in [2.75, 3.05) is 6.54 Å². The maximum atomic E-state index is 13.0. The van der Waals surface area contributed by atoms with E-state index < -0.39 is 0 Å². The van der Waals surface area contributed by atoms with Crippen LogP contribution in [-0.4, -0.2) is 37.3 Å². The monoisotopic (exact) mass is 351 g/mol. The number of aromatic nitrogens is 4. The number of piperidine rings is 1. The van der Waals surface area contributed by atoms with Gasteiger partial charge in [0.25, 0.3) is 5.91 Å². The Kier molecular flexibility index (Phi) is 4.47. The molecule has 0 radical (unpaired) electrons. The highest BCUT2D eigenvalue weighted by Gasteiger charge is 2.30. The molecule has 7 heteroatoms. The average Bonchev–Trinajstić information content (AvgIpc) is 3.23. The van der Waals surface area contributed by atoms with Crippen LogP contribution in [0.1, 0.15) is 40.7 Å². The van der Waals surface area contributed by atoms with E-state index in [0.29, 0.717) is 11.4 Å². The molecule has 1 fully saturated rings. The minimum Gasteiger partial charge on any atom is -0.329 e. The zero-order valence-corrected chi connectivity index (χ0v) is 14.4. The predicted molar refractivity (Wildman–Crippen MR) is 95.0 cm³/mol. The highest BCUT2D eigenvalue weighted by Crippen LogP contribution is 2.33. The number of carbonyl (C=O) groups excluding carboxylic acids is 1. The van der Waals surface area contributed by atoms with Crippen molar-refractivity contribution < 1.29 is 4.79 Å². The molecule has 0 saturated carbocycles. The first-order valence-electron chi connectivity index (χ1n) is 8.26. The van der Waals surface area contributed by atoms with E-state index in [2.05, 4.69) is 19.9 Å². The largest absolute Gasteiger partial charge is 0.329 e. The summed E-state index contributed by atoms with van der Waals surface area (Å²) >= 11 is 1.60. The normalized spacial score (nSPS) is 17.4. The van der Waals surface area contributed by atoms with E-state index in [1.807, 2.05) is 22.4 Å². The van der Waals surface area contributed by atoms with E-state index in [0.717, 1.165) is 36.4 Å². The summed E-state index contributed by atoms with van der Waals surface area (Å²) in [4.78, 5) is 32.0. The number of nitrogens with zero attached hydrogens (tertiary/aromatic N) is 5. The number of carbonyl (C=O) groups is 1. The Morgan fingerprint density at radius 1 is 1.12 bits per heavy atom. The summed E-state index contributed by atoms with van der Waals surface area (Å²) in [6.45, 7) is 0.743. The lowest BCUT2D eigenvalue weighted by molar-refractivity contribution is 0.0610. The second-order valence-electron chi connectivity index (χ2n) is 5.92. The van der Waals surface area contributed by atoms with Gasteiger partial charge in [-0.2, -0.15) is 0 Å². The molecular formula is C18H17N5OS. The first-order valence-corrected chi connectivity index (χ1v) is 9.14. The third-order valence-electron chi connectivity index (χ3n) is 4.32. The van der Waals surface area contributed by atoms with E-state index in [1.54, 1.807) is 42.3 Å². The summed E-state index contributed by atoms with van der Waals surface area (Å²) in [6, 6.07) is 3.79. The summed E-state index contributed by atoms with van der Waals surface area (Å²) < 4.78 is 0. The van der Waals surface area contributed by atoms with Gasteiger partial charge in [0.15, 0.2) is 5.82 Å². The molecule has 0 aliphatic carbocycles. The first kappa shape index (κ1) is 15.8. The topological polar surface area (TPSA) is 71.9 Å². The third kappa shape index (κ3) is 3.28. The summed E-state index contributed by atoms with van der Waals surface area (Å²) in [6.07, 6.45) is 11.5. The van der Waals surface area contributed by atoms with Crippen molar-refractivity contribution in [1.29, 1.82) is 0 Å². The molecule has 0 aromatic carbocycles. The van der Waals surface area contributed by atoms with Crippen molar-refractivity contribution in [3.63, 3.8) is 0 Å². The second-order valence-corrected chi connectivity index (χ2v) is 6.84. The molecule has 1 aliphatic heterocycles. The summed E-state index contributed by atoms with van der Waals surface area (Å²) in [7, 11) is 0. The molecule has 1 aliphatic rings. The Morgan fingerprint density at radius 3 is 2.72 bits per heavy atom. The number of pyridine rings is 1. The molecule has 6 nitrogen and oxygen atoms in total. The van der Waals surface area contributed by atoms with Crippen LogP contribution in [-0.2, 0) is 0 Å². The Balaban J connectivity index is 1.57. The average molecular weight is 351 g/mol. The van der Waals surface area contributed by atoms with E-state index in [9.17, 15) is 4.79 Å². The molecule has 1 atom stereocenters. The van der Waals surface area contributed by atoms with E-state index in [-0.39, 0.29) is 11.9 Å². The van der Waals surface area contributed by atoms with Crippen LogP contribution in [0, 0.1) is 0 Å². The molecule has 1 saturated heterocycles. The van der Waals surface area contributed by atoms with E-state index in [4.69, 9.17) is 0 Å². The van der Waals surface area contributed by atoms with Crippen molar-refractivity contribution in [2.45, 2.75) is 25.3 Å². The van der Waals surface area contributed by atoms with Crippen molar-refractivity contribution in [3.8, 4) is 11.4 Å². The van der Waals surface area contributed by atoms with Gasteiger partial charge in [0.1, 0.15) is 5.01 Å². The number of hydrogen-bond donors (Lipinski definition) is 0. The van der Waals surface area contributed by atoms with Gasteiger partial charge in [0, 0.05) is 48.5 Å². The maximum absolute atomic E-state index is 13.0. The van der Waals surface area contributed by atoms with Crippen LogP contribution in [0.4, 0.5) is 0 Å². The molecule has 25 heavy (non-hydrogen) atoms. The quantitative estimate of drug-likeness (QED) is 0.723. The Morgan fingerprint density at radius 2 is 2.00 bits per heavy atom. The molecule has 4 rings (SSSR count). The van der Waals surface area contributed by atoms with Crippen LogP contribution >= 0.6 is 11.3 Å². The molecule has 0 bridgehead atoms. The molecule has 3 aromatic rings. The van der Waals surface area contributed by atoms with Gasteiger partial charge in [-0.15, -0.1) is 11.3 Å². The fraction of sp³-hybridized carbons (Fsp3) is 0.278. The zero-order valence-electron chi connectivity index (χ0n) is 13.6. The number of likely N-dealkylation sites (tertiary alicyclic amines) is 1. The smallest absolute Gasteiger partial charge is 0.257 e. The van der Waals surface area contributed by atoms with Gasteiger partial charge in [-0.25, -0.2) is 15.0 Å². The lowest BCUT2D eigenvalue weighted by atomic mass is 10.0. The molecule has 1 amide bonds. The number of thiazole rings is 1. The minimum atomic E-state index is -0.0300. The van der Waals surface area contributed by atoms with Crippen molar-refractivity contribution in [1.82, 2.24) is 24.8 Å². The predicted octanol–water partition coefficient (Wildman–Crippen LogP) is 3.36. The molecule has 0 N–H and O–H groups in total. The number of amides is 1. The lowest BCUT2D eigenvalue weighted by Gasteiger charge is -2.34. The van der Waals surface area contributed by atoms with Crippen LogP contribution in [0.3, 0.4) is 0 Å². The maximum Gasteiger partial charge on any atom is 0.257 e. The SMILES string of the molecule is O=C(c1cnc(-c2cccnc2)nc1)N1CCCC[C@H]1c1nccs1. The zero-order chi connectivity index (χ0) is 17.1. The molecule has 0 unspecified atom stereocenters. The first-order chi connectivity index (χ1) is 12.3. The van der Waals surface area contributed by atoms with E-state index >= 15 is 0 Å². The molecule has 126 valence electrons. The van der Waals surface area contributed by atoms with Crippen LogP contribution in [0.15, 0.2) is 48.5 Å². The van der Waals surface area contributed by atoms with Crippen molar-refractivity contribution in [2.24, 2.45) is 0 Å². The third-order valence-corrected chi connectivity index (χ3v) is 5.20. The van der Waals surface area contributed by atoms with Gasteiger partial charge in [-0.05, 0) is 31.4 Å². The molecule has 3 aromatic heterocycles. The number of rotatable bonds is 3. The van der Waals surface area contributed by atoms with Crippen LogP contribution in [0.5, 0.6) is 0 Å². The fourth-order valence-electron chi connectivity index (χ4n) is 3.08. The van der Waals surface area contributed by atoms with Gasteiger partial charge in [-0.3, -0.25) is 9.78 Å². The van der Waals surface area contributed by atoms with Crippen LogP contribution < -0.4 is 0 Å². The Bertz CT molecular complexity index is 836. The van der Waals surface area contributed by atoms with Crippen molar-refractivity contribution >= 4 is 17.2 Å². The molecule has 0 spiro atoms. The van der Waals surface area contributed by atoms with Gasteiger partial charge >= 0.3 is 0 Å². The van der Waals surface area contributed by atoms with Gasteiger partial charge in [-0.1, -0.05) is 0 Å². The van der Waals surface area contributed by atoms with Crippen LogP contribution in [0.2, 0.25) is 0 Å². The minimum absolute atomic E-state index is 0.0300. The van der Waals surface area contributed by atoms with Gasteiger partial charge in [0.2, 0.25) is 0 Å². The summed E-state index contributed by atoms with van der Waals surface area (Å²) in [5.41, 5.74) is 1.34. The highest BCUT2D eigenvalue weighted by atomic mass is 32.1. The Labute approximate surface area is 149 Å². The van der Waals surface area contributed by atoms with Crippen molar-refractivity contribution in [3.05, 3.63) is 59.1 Å². The second kappa shape index (κ2) is 7.06. The van der Waals surface area contributed by atoms with Crippen LogP contribution in [0.25, 0.3) is 11.4 Å².